The van der Waals surface area contributed by atoms with Crippen molar-refractivity contribution in [1.29, 1.82) is 0 Å². The predicted molar refractivity (Wildman–Crippen MR) is 120 cm³/mol. The normalized spacial score (nSPS) is 12.0. The fourth-order valence-corrected chi connectivity index (χ4v) is 3.97. The molecular formula is C26H19NO3. The molecular weight excluding hydrogens is 374 g/mol. The van der Waals surface area contributed by atoms with Crippen LogP contribution in [0.1, 0.15) is 16.9 Å². The van der Waals surface area contributed by atoms with Gasteiger partial charge < -0.3 is 8.83 Å². The molecule has 4 nitrogen and oxygen atoms in total. The van der Waals surface area contributed by atoms with Crippen molar-refractivity contribution in [2.45, 2.75) is 6.92 Å². The minimum Gasteiger partial charge on any atom is -0.454 e. The molecule has 5 aromatic rings. The Balaban J connectivity index is 1.95. The zero-order valence-corrected chi connectivity index (χ0v) is 16.7. The van der Waals surface area contributed by atoms with Crippen molar-refractivity contribution in [3.63, 3.8) is 0 Å². The maximum Gasteiger partial charge on any atom is 0.336 e. The lowest BCUT2D eigenvalue weighted by Gasteiger charge is -2.08. The maximum absolute atomic E-state index is 12.2. The van der Waals surface area contributed by atoms with Crippen molar-refractivity contribution >= 4 is 27.7 Å². The van der Waals surface area contributed by atoms with Gasteiger partial charge in [0, 0.05) is 29.6 Å². The van der Waals surface area contributed by atoms with Crippen molar-refractivity contribution in [2.75, 3.05) is 7.05 Å². The maximum atomic E-state index is 12.2. The Bertz CT molecular complexity index is 1460. The highest BCUT2D eigenvalue weighted by Gasteiger charge is 2.24. The third-order valence-corrected chi connectivity index (χ3v) is 5.32. The van der Waals surface area contributed by atoms with Gasteiger partial charge in [0.2, 0.25) is 0 Å². The molecule has 2 heterocycles. The molecule has 0 radical (unpaired) electrons. The van der Waals surface area contributed by atoms with Gasteiger partial charge in [0.25, 0.3) is 0 Å². The first-order chi connectivity index (χ1) is 14.7. The molecule has 0 atom stereocenters. The summed E-state index contributed by atoms with van der Waals surface area (Å²) in [5.74, 6) is 0.654. The van der Waals surface area contributed by atoms with Gasteiger partial charge in [-0.25, -0.2) is 4.79 Å². The Hall–Kier alpha value is -3.92. The van der Waals surface area contributed by atoms with Gasteiger partial charge in [0.05, 0.1) is 5.39 Å². The Morgan fingerprint density at radius 1 is 0.867 bits per heavy atom. The molecule has 0 unspecified atom stereocenters. The molecule has 0 fully saturated rings. The lowest BCUT2D eigenvalue weighted by Crippen LogP contribution is -2.03. The average Bonchev–Trinajstić information content (AvgIpc) is 3.15. The molecule has 0 spiro atoms. The van der Waals surface area contributed by atoms with E-state index in [1.165, 1.54) is 6.07 Å². The highest BCUT2D eigenvalue weighted by Crippen LogP contribution is 2.40. The summed E-state index contributed by atoms with van der Waals surface area (Å²) in [4.78, 5) is 16.7. The number of hydrogen-bond donors (Lipinski definition) is 0. The summed E-state index contributed by atoms with van der Waals surface area (Å²) in [7, 11) is 1.76. The minimum absolute atomic E-state index is 0.373. The second-order valence-corrected chi connectivity index (χ2v) is 7.17. The first-order valence-corrected chi connectivity index (χ1v) is 9.75. The first-order valence-electron chi connectivity index (χ1n) is 9.75. The van der Waals surface area contributed by atoms with Crippen LogP contribution in [0.25, 0.3) is 33.1 Å². The van der Waals surface area contributed by atoms with E-state index in [9.17, 15) is 4.79 Å². The van der Waals surface area contributed by atoms with Gasteiger partial charge in [-0.3, -0.25) is 4.99 Å². The summed E-state index contributed by atoms with van der Waals surface area (Å²) >= 11 is 0. The van der Waals surface area contributed by atoms with Gasteiger partial charge in [-0.1, -0.05) is 60.7 Å². The van der Waals surface area contributed by atoms with Crippen molar-refractivity contribution in [3.05, 3.63) is 106 Å². The molecule has 2 aromatic heterocycles. The Kier molecular flexibility index (Phi) is 4.32. The number of fused-ring (bicyclic) bond motifs is 3. The van der Waals surface area contributed by atoms with Crippen molar-refractivity contribution in [3.8, 4) is 11.1 Å². The summed E-state index contributed by atoms with van der Waals surface area (Å²) < 4.78 is 12.1. The smallest absolute Gasteiger partial charge is 0.336 e. The summed E-state index contributed by atoms with van der Waals surface area (Å²) in [5.41, 5.74) is 5.23. The van der Waals surface area contributed by atoms with E-state index < -0.39 is 0 Å². The number of benzene rings is 3. The van der Waals surface area contributed by atoms with E-state index in [2.05, 4.69) is 4.99 Å². The van der Waals surface area contributed by atoms with Crippen LogP contribution in [0.3, 0.4) is 0 Å². The molecule has 0 aliphatic carbocycles. The summed E-state index contributed by atoms with van der Waals surface area (Å²) in [6.07, 6.45) is 0. The molecule has 0 aliphatic heterocycles. The van der Waals surface area contributed by atoms with Crippen LogP contribution in [-0.4, -0.2) is 12.8 Å². The second-order valence-electron chi connectivity index (χ2n) is 7.17. The lowest BCUT2D eigenvalue weighted by atomic mass is 9.96. The van der Waals surface area contributed by atoms with Gasteiger partial charge in [0.1, 0.15) is 16.9 Å². The van der Waals surface area contributed by atoms with Gasteiger partial charge in [-0.2, -0.15) is 0 Å². The number of rotatable bonds is 3. The fraction of sp³-hybridized carbons (Fsp3) is 0.0769. The van der Waals surface area contributed by atoms with Gasteiger partial charge >= 0.3 is 5.63 Å². The topological polar surface area (TPSA) is 55.7 Å². The van der Waals surface area contributed by atoms with E-state index >= 15 is 0 Å². The molecule has 0 aliphatic rings. The van der Waals surface area contributed by atoms with Gasteiger partial charge in [0.15, 0.2) is 5.76 Å². The van der Waals surface area contributed by atoms with Crippen LogP contribution in [0.2, 0.25) is 0 Å². The standard InChI is InChI=1S/C26H19NO3/c1-16-15-21(28)30-25-19(16)13-14-20-23(25)22(17-9-5-3-6-10-17)26(29-20)24(27-2)18-11-7-4-8-12-18/h3-15H,1-2H3. The van der Waals surface area contributed by atoms with Crippen LogP contribution in [0.15, 0.2) is 97.5 Å². The van der Waals surface area contributed by atoms with Crippen molar-refractivity contribution < 1.29 is 8.83 Å². The van der Waals surface area contributed by atoms with Crippen LogP contribution >= 0.6 is 0 Å². The average molecular weight is 393 g/mol. The second kappa shape index (κ2) is 7.16. The van der Waals surface area contributed by atoms with Crippen LogP contribution in [0, 0.1) is 6.92 Å². The predicted octanol–water partition coefficient (Wildman–Crippen LogP) is 5.98. The minimum atomic E-state index is -0.373. The van der Waals surface area contributed by atoms with Crippen molar-refractivity contribution in [2.24, 2.45) is 4.99 Å². The molecule has 5 rings (SSSR count). The molecule has 0 saturated heterocycles. The lowest BCUT2D eigenvalue weighted by molar-refractivity contribution is 0.562. The molecule has 0 bridgehead atoms. The first kappa shape index (κ1) is 18.1. The third-order valence-electron chi connectivity index (χ3n) is 5.32. The molecule has 0 amide bonds. The van der Waals surface area contributed by atoms with E-state index in [1.54, 1.807) is 7.05 Å². The molecule has 4 heteroatoms. The molecule has 30 heavy (non-hydrogen) atoms. The molecule has 0 N–H and O–H groups in total. The highest BCUT2D eigenvalue weighted by molar-refractivity contribution is 6.21. The Labute approximate surface area is 173 Å². The number of furan rings is 1. The quantitative estimate of drug-likeness (QED) is 0.280. The van der Waals surface area contributed by atoms with Gasteiger partial charge in [-0.15, -0.1) is 0 Å². The molecule has 3 aromatic carbocycles. The monoisotopic (exact) mass is 393 g/mol. The van der Waals surface area contributed by atoms with E-state index in [-0.39, 0.29) is 5.63 Å². The van der Waals surface area contributed by atoms with Crippen LogP contribution in [0.5, 0.6) is 0 Å². The van der Waals surface area contributed by atoms with Gasteiger partial charge in [-0.05, 0) is 30.2 Å². The Morgan fingerprint density at radius 2 is 1.57 bits per heavy atom. The molecule has 146 valence electrons. The van der Waals surface area contributed by atoms with E-state index in [0.717, 1.165) is 38.7 Å². The Morgan fingerprint density at radius 3 is 2.27 bits per heavy atom. The number of aryl methyl sites for hydroxylation is 1. The van der Waals surface area contributed by atoms with E-state index in [4.69, 9.17) is 8.83 Å². The van der Waals surface area contributed by atoms with Crippen LogP contribution in [-0.2, 0) is 0 Å². The third kappa shape index (κ3) is 2.85. The summed E-state index contributed by atoms with van der Waals surface area (Å²) in [5, 5.41) is 1.67. The summed E-state index contributed by atoms with van der Waals surface area (Å²) in [6, 6.07) is 25.3. The van der Waals surface area contributed by atoms with E-state index in [0.29, 0.717) is 16.9 Å². The number of nitrogens with zero attached hydrogens (tertiary/aromatic N) is 1. The molecule has 0 saturated carbocycles. The number of hydrogen-bond acceptors (Lipinski definition) is 4. The highest BCUT2D eigenvalue weighted by atomic mass is 16.4. The fourth-order valence-electron chi connectivity index (χ4n) is 3.97. The van der Waals surface area contributed by atoms with Crippen LogP contribution < -0.4 is 5.63 Å². The van der Waals surface area contributed by atoms with Crippen LogP contribution in [0.4, 0.5) is 0 Å². The summed E-state index contributed by atoms with van der Waals surface area (Å²) in [6.45, 7) is 1.91. The van der Waals surface area contributed by atoms with Crippen molar-refractivity contribution in [1.82, 2.24) is 0 Å². The largest absolute Gasteiger partial charge is 0.454 e. The van der Waals surface area contributed by atoms with E-state index in [1.807, 2.05) is 79.7 Å². The number of aliphatic imine (C=N–C) groups is 1. The zero-order valence-electron chi connectivity index (χ0n) is 16.7. The SMILES string of the molecule is CN=C(c1ccccc1)c1oc2ccc3c(C)cc(=O)oc3c2c1-c1ccccc1. The zero-order chi connectivity index (χ0) is 20.7.